The van der Waals surface area contributed by atoms with E-state index < -0.39 is 0 Å². The Hall–Kier alpha value is -2.79. The van der Waals surface area contributed by atoms with Gasteiger partial charge >= 0.3 is 0 Å². The van der Waals surface area contributed by atoms with Crippen LogP contribution in [0.5, 0.6) is 17.2 Å². The first-order valence-electron chi connectivity index (χ1n) is 9.69. The molecule has 2 aromatic rings. The number of fused-ring (bicyclic) bond motifs is 3. The maximum absolute atomic E-state index is 13.1. The van der Waals surface area contributed by atoms with Crippen molar-refractivity contribution in [2.45, 2.75) is 40.3 Å². The van der Waals surface area contributed by atoms with Gasteiger partial charge in [0.2, 0.25) is 5.78 Å². The summed E-state index contributed by atoms with van der Waals surface area (Å²) < 4.78 is 17.7. The van der Waals surface area contributed by atoms with Gasteiger partial charge in [0.25, 0.3) is 0 Å². The van der Waals surface area contributed by atoms with E-state index in [2.05, 4.69) is 18.7 Å². The van der Waals surface area contributed by atoms with Crippen molar-refractivity contribution in [2.24, 2.45) is 0 Å². The third-order valence-electron chi connectivity index (χ3n) is 5.19. The molecule has 0 aromatic heterocycles. The standard InChI is InChI=1S/C23H25NO4/c1-5-26-18-9-7-6-8-16(18)11-20-22(25)21-15(4)10-19-17(23(21)28-20)12-24(13-27-19)14(2)3/h6-11,14H,5,12-13H2,1-4H3/b20-11-. The number of rotatable bonds is 4. The highest BCUT2D eigenvalue weighted by Gasteiger charge is 2.35. The van der Waals surface area contributed by atoms with Crippen molar-refractivity contribution in [2.75, 3.05) is 13.3 Å². The summed E-state index contributed by atoms with van der Waals surface area (Å²) >= 11 is 0. The average molecular weight is 379 g/mol. The number of Topliss-reactive ketones (excluding diaryl/α,β-unsaturated/α-hetero) is 1. The molecule has 0 aliphatic carbocycles. The van der Waals surface area contributed by atoms with E-state index >= 15 is 0 Å². The molecule has 0 bridgehead atoms. The normalized spacial score (nSPS) is 17.3. The van der Waals surface area contributed by atoms with Gasteiger partial charge in [0.05, 0.1) is 17.7 Å². The van der Waals surface area contributed by atoms with E-state index in [1.54, 1.807) is 6.08 Å². The minimum absolute atomic E-state index is 0.0942. The highest BCUT2D eigenvalue weighted by atomic mass is 16.5. The smallest absolute Gasteiger partial charge is 0.232 e. The van der Waals surface area contributed by atoms with E-state index in [9.17, 15) is 4.79 Å². The van der Waals surface area contributed by atoms with Crippen LogP contribution < -0.4 is 14.2 Å². The van der Waals surface area contributed by atoms with Crippen LogP contribution in [0.1, 0.15) is 47.8 Å². The maximum Gasteiger partial charge on any atom is 0.232 e. The maximum atomic E-state index is 13.1. The lowest BCUT2D eigenvalue weighted by Crippen LogP contribution is -2.37. The second-order valence-electron chi connectivity index (χ2n) is 7.40. The first-order valence-corrected chi connectivity index (χ1v) is 9.69. The van der Waals surface area contributed by atoms with Crippen molar-refractivity contribution in [3.63, 3.8) is 0 Å². The molecule has 0 saturated heterocycles. The molecule has 0 unspecified atom stereocenters. The van der Waals surface area contributed by atoms with Crippen LogP contribution in [-0.2, 0) is 6.54 Å². The Bertz CT molecular complexity index is 961. The molecule has 2 heterocycles. The quantitative estimate of drug-likeness (QED) is 0.728. The third-order valence-corrected chi connectivity index (χ3v) is 5.19. The summed E-state index contributed by atoms with van der Waals surface area (Å²) in [7, 11) is 0. The minimum Gasteiger partial charge on any atom is -0.493 e. The van der Waals surface area contributed by atoms with Gasteiger partial charge in [-0.2, -0.15) is 0 Å². The summed E-state index contributed by atoms with van der Waals surface area (Å²) in [6.07, 6.45) is 1.77. The van der Waals surface area contributed by atoms with Crippen molar-refractivity contribution < 1.29 is 19.0 Å². The number of benzene rings is 2. The Morgan fingerprint density at radius 1 is 1.29 bits per heavy atom. The zero-order chi connectivity index (χ0) is 19.8. The second kappa shape index (κ2) is 7.32. The van der Waals surface area contributed by atoms with E-state index in [1.165, 1.54) is 0 Å². The molecule has 0 radical (unpaired) electrons. The highest BCUT2D eigenvalue weighted by molar-refractivity contribution is 6.16. The summed E-state index contributed by atoms with van der Waals surface area (Å²) in [6, 6.07) is 9.94. The predicted octanol–water partition coefficient (Wildman–Crippen LogP) is 4.57. The van der Waals surface area contributed by atoms with Crippen molar-refractivity contribution in [3.8, 4) is 17.2 Å². The SMILES string of the molecule is CCOc1ccccc1/C=C1\Oc2c3c(cc(C)c2C1=O)OCN(C(C)C)C3. The molecule has 4 rings (SSSR count). The van der Waals surface area contributed by atoms with Gasteiger partial charge in [0, 0.05) is 18.2 Å². The fraction of sp³-hybridized carbons (Fsp3) is 0.348. The number of ketones is 1. The summed E-state index contributed by atoms with van der Waals surface area (Å²) in [5.41, 5.74) is 3.27. The van der Waals surface area contributed by atoms with E-state index in [1.807, 2.05) is 44.2 Å². The molecule has 0 N–H and O–H groups in total. The van der Waals surface area contributed by atoms with Gasteiger partial charge in [-0.25, -0.2) is 0 Å². The van der Waals surface area contributed by atoms with Crippen LogP contribution in [0.15, 0.2) is 36.1 Å². The number of carbonyl (C=O) groups excluding carboxylic acids is 1. The van der Waals surface area contributed by atoms with Crippen LogP contribution in [0.4, 0.5) is 0 Å². The zero-order valence-electron chi connectivity index (χ0n) is 16.7. The predicted molar refractivity (Wildman–Crippen MR) is 108 cm³/mol. The second-order valence-corrected chi connectivity index (χ2v) is 7.40. The van der Waals surface area contributed by atoms with Gasteiger partial charge in [0.1, 0.15) is 24.0 Å². The van der Waals surface area contributed by atoms with Gasteiger partial charge in [-0.3, -0.25) is 9.69 Å². The molecule has 28 heavy (non-hydrogen) atoms. The lowest BCUT2D eigenvalue weighted by molar-refractivity contribution is 0.0673. The molecule has 5 nitrogen and oxygen atoms in total. The molecular formula is C23H25NO4. The summed E-state index contributed by atoms with van der Waals surface area (Å²) in [5.74, 6) is 2.39. The third kappa shape index (κ3) is 3.16. The Kier molecular flexibility index (Phi) is 4.85. The van der Waals surface area contributed by atoms with Gasteiger partial charge in [-0.15, -0.1) is 0 Å². The molecule has 0 fully saturated rings. The van der Waals surface area contributed by atoms with E-state index in [0.717, 1.165) is 28.2 Å². The number of para-hydroxylation sites is 1. The van der Waals surface area contributed by atoms with E-state index in [-0.39, 0.29) is 5.78 Å². The largest absolute Gasteiger partial charge is 0.493 e. The van der Waals surface area contributed by atoms with Crippen molar-refractivity contribution in [1.29, 1.82) is 0 Å². The van der Waals surface area contributed by atoms with Crippen LogP contribution in [0.3, 0.4) is 0 Å². The van der Waals surface area contributed by atoms with E-state index in [4.69, 9.17) is 14.2 Å². The molecule has 0 saturated carbocycles. The summed E-state index contributed by atoms with van der Waals surface area (Å²) in [5, 5.41) is 0. The zero-order valence-corrected chi connectivity index (χ0v) is 16.7. The Morgan fingerprint density at radius 2 is 2.07 bits per heavy atom. The van der Waals surface area contributed by atoms with Gasteiger partial charge in [0.15, 0.2) is 5.76 Å². The lowest BCUT2D eigenvalue weighted by Gasteiger charge is -2.32. The number of hydrogen-bond acceptors (Lipinski definition) is 5. The molecule has 0 spiro atoms. The minimum atomic E-state index is -0.0942. The van der Waals surface area contributed by atoms with E-state index in [0.29, 0.717) is 43.0 Å². The van der Waals surface area contributed by atoms with Crippen molar-refractivity contribution >= 4 is 11.9 Å². The molecule has 146 valence electrons. The summed E-state index contributed by atoms with van der Waals surface area (Å²) in [4.78, 5) is 15.3. The van der Waals surface area contributed by atoms with Crippen molar-refractivity contribution in [1.82, 2.24) is 4.90 Å². The number of hydrogen-bond donors (Lipinski definition) is 0. The van der Waals surface area contributed by atoms with Crippen molar-refractivity contribution in [3.05, 3.63) is 58.3 Å². The highest BCUT2D eigenvalue weighted by Crippen LogP contribution is 2.44. The molecule has 2 aliphatic heterocycles. The number of aryl methyl sites for hydroxylation is 1. The fourth-order valence-corrected chi connectivity index (χ4v) is 3.61. The number of ether oxygens (including phenoxy) is 3. The van der Waals surface area contributed by atoms with Crippen LogP contribution >= 0.6 is 0 Å². The molecule has 0 amide bonds. The van der Waals surface area contributed by atoms with Gasteiger partial charge in [-0.05, 0) is 51.5 Å². The van der Waals surface area contributed by atoms with Crippen LogP contribution in [0.25, 0.3) is 6.08 Å². The Morgan fingerprint density at radius 3 is 2.82 bits per heavy atom. The topological polar surface area (TPSA) is 48.0 Å². The molecule has 5 heteroatoms. The number of allylic oxidation sites excluding steroid dienone is 1. The summed E-state index contributed by atoms with van der Waals surface area (Å²) in [6.45, 7) is 9.93. The van der Waals surface area contributed by atoms with Gasteiger partial charge in [-0.1, -0.05) is 18.2 Å². The Balaban J connectivity index is 1.75. The molecule has 0 atom stereocenters. The Labute approximate surface area is 165 Å². The molecular weight excluding hydrogens is 354 g/mol. The monoisotopic (exact) mass is 379 g/mol. The van der Waals surface area contributed by atoms with Crippen LogP contribution in [0, 0.1) is 6.92 Å². The first kappa shape index (κ1) is 18.6. The lowest BCUT2D eigenvalue weighted by atomic mass is 9.98. The fourth-order valence-electron chi connectivity index (χ4n) is 3.61. The number of carbonyl (C=O) groups is 1. The number of nitrogens with zero attached hydrogens (tertiary/aromatic N) is 1. The first-order chi connectivity index (χ1) is 13.5. The van der Waals surface area contributed by atoms with Crippen LogP contribution in [-0.4, -0.2) is 30.1 Å². The molecule has 2 aliphatic rings. The average Bonchev–Trinajstić information content (AvgIpc) is 3.00. The molecule has 2 aromatic carbocycles. The van der Waals surface area contributed by atoms with Gasteiger partial charge < -0.3 is 14.2 Å². The van der Waals surface area contributed by atoms with Crippen LogP contribution in [0.2, 0.25) is 0 Å².